The average molecular weight is 240 g/mol. The Morgan fingerprint density at radius 2 is 2.18 bits per heavy atom. The summed E-state index contributed by atoms with van der Waals surface area (Å²) in [4.78, 5) is 18.9. The first kappa shape index (κ1) is 13.1. The van der Waals surface area contributed by atoms with Gasteiger partial charge in [0.1, 0.15) is 18.2 Å². The van der Waals surface area contributed by atoms with Crippen molar-refractivity contribution in [3.05, 3.63) is 11.9 Å². The third-order valence-corrected chi connectivity index (χ3v) is 1.80. The van der Waals surface area contributed by atoms with E-state index in [1.165, 1.54) is 0 Å². The number of hydrogen-bond acceptors (Lipinski definition) is 7. The lowest BCUT2D eigenvalue weighted by Gasteiger charge is -2.08. The monoisotopic (exact) mass is 240 g/mol. The van der Waals surface area contributed by atoms with Crippen LogP contribution in [0.25, 0.3) is 0 Å². The Morgan fingerprint density at radius 1 is 1.47 bits per heavy atom. The molecule has 1 heterocycles. The van der Waals surface area contributed by atoms with Crippen LogP contribution >= 0.6 is 0 Å². The molecular weight excluding hydrogens is 224 g/mol. The zero-order valence-corrected chi connectivity index (χ0v) is 9.56. The molecule has 1 amide bonds. The van der Waals surface area contributed by atoms with Crippen molar-refractivity contribution in [1.29, 1.82) is 0 Å². The highest BCUT2D eigenvalue weighted by Crippen LogP contribution is 2.10. The van der Waals surface area contributed by atoms with Crippen LogP contribution in [0, 0.1) is 0 Å². The lowest BCUT2D eigenvalue weighted by Crippen LogP contribution is -2.23. The van der Waals surface area contributed by atoms with E-state index in [1.807, 2.05) is 6.92 Å². The molecule has 0 atom stereocenters. The van der Waals surface area contributed by atoms with Crippen LogP contribution in [0.2, 0.25) is 0 Å². The number of ether oxygens (including phenoxy) is 1. The zero-order valence-electron chi connectivity index (χ0n) is 9.56. The molecule has 8 nitrogen and oxygen atoms in total. The number of anilines is 2. The minimum Gasteiger partial charge on any atom is -0.374 e. The summed E-state index contributed by atoms with van der Waals surface area (Å²) >= 11 is 0. The first-order valence-electron chi connectivity index (χ1n) is 5.10. The van der Waals surface area contributed by atoms with Crippen molar-refractivity contribution in [3.63, 3.8) is 0 Å². The van der Waals surface area contributed by atoms with Gasteiger partial charge in [-0.15, -0.1) is 0 Å². The number of hydrazine groups is 1. The number of carbonyl (C=O) groups excluding carboxylic acids is 1. The first-order valence-corrected chi connectivity index (χ1v) is 5.10. The summed E-state index contributed by atoms with van der Waals surface area (Å²) in [5, 5.41) is 2.76. The van der Waals surface area contributed by atoms with Crippen LogP contribution in [0.5, 0.6) is 0 Å². The highest BCUT2D eigenvalue weighted by Gasteiger charge is 2.04. The number of primary amides is 1. The molecule has 0 aromatic carbocycles. The Kier molecular flexibility index (Phi) is 5.11. The van der Waals surface area contributed by atoms with E-state index >= 15 is 0 Å². The summed E-state index contributed by atoms with van der Waals surface area (Å²) in [5.74, 6) is 6.16. The Hall–Kier alpha value is -1.93. The maximum Gasteiger partial charge on any atom is 0.236 e. The van der Waals surface area contributed by atoms with Gasteiger partial charge < -0.3 is 21.2 Å². The van der Waals surface area contributed by atoms with Crippen LogP contribution in [0.3, 0.4) is 0 Å². The molecule has 1 aromatic heterocycles. The van der Waals surface area contributed by atoms with E-state index in [9.17, 15) is 4.79 Å². The minimum absolute atomic E-state index is 0.00486. The van der Waals surface area contributed by atoms with Crippen molar-refractivity contribution in [2.45, 2.75) is 13.5 Å². The second kappa shape index (κ2) is 6.61. The molecule has 0 fully saturated rings. The van der Waals surface area contributed by atoms with Crippen molar-refractivity contribution in [2.24, 2.45) is 11.6 Å². The fourth-order valence-electron chi connectivity index (χ4n) is 1.10. The molecule has 8 heteroatoms. The maximum atomic E-state index is 10.6. The van der Waals surface area contributed by atoms with E-state index < -0.39 is 5.91 Å². The van der Waals surface area contributed by atoms with Gasteiger partial charge in [0.2, 0.25) is 5.91 Å². The second-order valence-corrected chi connectivity index (χ2v) is 3.16. The van der Waals surface area contributed by atoms with E-state index in [-0.39, 0.29) is 13.2 Å². The van der Waals surface area contributed by atoms with Crippen molar-refractivity contribution in [2.75, 3.05) is 23.9 Å². The molecule has 0 bridgehead atoms. The van der Waals surface area contributed by atoms with Gasteiger partial charge in [-0.25, -0.2) is 15.8 Å². The van der Waals surface area contributed by atoms with Crippen LogP contribution in [0.15, 0.2) is 6.07 Å². The number of nitrogens with zero attached hydrogens (tertiary/aromatic N) is 2. The maximum absolute atomic E-state index is 10.6. The molecule has 94 valence electrons. The van der Waals surface area contributed by atoms with Gasteiger partial charge in [-0.1, -0.05) is 0 Å². The SMILES string of the molecule is CCOCc1nc(NN)cc(NCC(N)=O)n1. The van der Waals surface area contributed by atoms with Crippen molar-refractivity contribution < 1.29 is 9.53 Å². The van der Waals surface area contributed by atoms with Crippen LogP contribution in [-0.4, -0.2) is 29.0 Å². The summed E-state index contributed by atoms with van der Waals surface area (Å²) in [6.45, 7) is 2.71. The van der Waals surface area contributed by atoms with Gasteiger partial charge in [-0.2, -0.15) is 0 Å². The summed E-state index contributed by atoms with van der Waals surface area (Å²) in [6, 6.07) is 1.57. The molecule has 0 aliphatic heterocycles. The number of nitrogens with two attached hydrogens (primary N) is 2. The van der Waals surface area contributed by atoms with Crippen LogP contribution in [0.1, 0.15) is 12.7 Å². The third-order valence-electron chi connectivity index (χ3n) is 1.80. The van der Waals surface area contributed by atoms with E-state index in [0.29, 0.717) is 24.1 Å². The fraction of sp³-hybridized carbons (Fsp3) is 0.444. The molecule has 6 N–H and O–H groups in total. The standard InChI is InChI=1S/C9H16N6O2/c1-2-17-5-9-13-7(12-4-6(10)16)3-8(14-9)15-11/h3H,2,4-5,11H2,1H3,(H2,10,16)(H2,12,13,14,15). The summed E-state index contributed by atoms with van der Waals surface area (Å²) in [6.07, 6.45) is 0. The predicted octanol–water partition coefficient (Wildman–Crippen LogP) is -0.804. The molecule has 0 saturated carbocycles. The molecule has 17 heavy (non-hydrogen) atoms. The Morgan fingerprint density at radius 3 is 2.76 bits per heavy atom. The van der Waals surface area contributed by atoms with Gasteiger partial charge in [0, 0.05) is 12.7 Å². The van der Waals surface area contributed by atoms with E-state index in [2.05, 4.69) is 20.7 Å². The first-order chi connectivity index (χ1) is 8.15. The Labute approximate surface area is 98.7 Å². The Balaban J connectivity index is 2.77. The smallest absolute Gasteiger partial charge is 0.236 e. The van der Waals surface area contributed by atoms with Gasteiger partial charge in [-0.3, -0.25) is 4.79 Å². The Bertz CT molecular complexity index is 384. The number of amides is 1. The largest absolute Gasteiger partial charge is 0.374 e. The zero-order chi connectivity index (χ0) is 12.7. The molecule has 0 saturated heterocycles. The van der Waals surface area contributed by atoms with Crippen molar-refractivity contribution >= 4 is 17.5 Å². The molecule has 0 aliphatic carbocycles. The molecule has 0 radical (unpaired) electrons. The highest BCUT2D eigenvalue weighted by molar-refractivity contribution is 5.78. The number of hydrogen-bond donors (Lipinski definition) is 4. The normalized spacial score (nSPS) is 10.0. The fourth-order valence-corrected chi connectivity index (χ4v) is 1.10. The van der Waals surface area contributed by atoms with E-state index in [0.717, 1.165) is 0 Å². The summed E-state index contributed by atoms with van der Waals surface area (Å²) in [5.41, 5.74) is 7.43. The summed E-state index contributed by atoms with van der Waals surface area (Å²) in [7, 11) is 0. The van der Waals surface area contributed by atoms with Gasteiger partial charge >= 0.3 is 0 Å². The van der Waals surface area contributed by atoms with E-state index in [1.54, 1.807) is 6.07 Å². The predicted molar refractivity (Wildman–Crippen MR) is 62.9 cm³/mol. The van der Waals surface area contributed by atoms with E-state index in [4.69, 9.17) is 16.3 Å². The molecular formula is C9H16N6O2. The second-order valence-electron chi connectivity index (χ2n) is 3.16. The van der Waals surface area contributed by atoms with Gasteiger partial charge in [0.05, 0.1) is 6.54 Å². The number of rotatable bonds is 7. The molecule has 0 aliphatic rings. The lowest BCUT2D eigenvalue weighted by atomic mass is 10.4. The third kappa shape index (κ3) is 4.62. The van der Waals surface area contributed by atoms with Crippen LogP contribution < -0.4 is 22.3 Å². The average Bonchev–Trinajstić information content (AvgIpc) is 2.33. The van der Waals surface area contributed by atoms with Crippen LogP contribution in [-0.2, 0) is 16.1 Å². The van der Waals surface area contributed by atoms with Gasteiger partial charge in [-0.05, 0) is 6.92 Å². The van der Waals surface area contributed by atoms with Gasteiger partial charge in [0.25, 0.3) is 0 Å². The lowest BCUT2D eigenvalue weighted by molar-refractivity contribution is -0.116. The number of nitrogens with one attached hydrogen (secondary N) is 2. The molecule has 0 spiro atoms. The number of aromatic nitrogens is 2. The molecule has 1 rings (SSSR count). The summed E-state index contributed by atoms with van der Waals surface area (Å²) < 4.78 is 5.19. The molecule has 0 unspecified atom stereocenters. The van der Waals surface area contributed by atoms with Crippen LogP contribution in [0.4, 0.5) is 11.6 Å². The molecule has 1 aromatic rings. The number of nitrogen functional groups attached to an aromatic ring is 1. The quantitative estimate of drug-likeness (QED) is 0.362. The van der Waals surface area contributed by atoms with Crippen molar-refractivity contribution in [1.82, 2.24) is 9.97 Å². The topological polar surface area (TPSA) is 128 Å². The van der Waals surface area contributed by atoms with Crippen molar-refractivity contribution in [3.8, 4) is 0 Å². The van der Waals surface area contributed by atoms with Gasteiger partial charge in [0.15, 0.2) is 5.82 Å². The highest BCUT2D eigenvalue weighted by atomic mass is 16.5. The minimum atomic E-state index is -0.475. The number of carbonyl (C=O) groups is 1.